The van der Waals surface area contributed by atoms with E-state index >= 15 is 0 Å². The molecule has 18 heavy (non-hydrogen) atoms. The minimum absolute atomic E-state index is 0.00115. The van der Waals surface area contributed by atoms with Crippen molar-refractivity contribution in [3.63, 3.8) is 0 Å². The molecule has 0 saturated carbocycles. The summed E-state index contributed by atoms with van der Waals surface area (Å²) in [6, 6.07) is 9.87. The number of benzene rings is 1. The van der Waals surface area contributed by atoms with E-state index in [-0.39, 0.29) is 11.9 Å². The summed E-state index contributed by atoms with van der Waals surface area (Å²) < 4.78 is 0. The number of anilines is 1. The molecule has 1 unspecified atom stereocenters. The second kappa shape index (κ2) is 5.98. The summed E-state index contributed by atoms with van der Waals surface area (Å²) in [6.45, 7) is 5.14. The van der Waals surface area contributed by atoms with Crippen LogP contribution in [0.5, 0.6) is 0 Å². The summed E-state index contributed by atoms with van der Waals surface area (Å²) in [5.41, 5.74) is 6.59. The van der Waals surface area contributed by atoms with Crippen molar-refractivity contribution in [3.8, 4) is 0 Å². The molecule has 0 aromatic heterocycles. The highest BCUT2D eigenvalue weighted by atomic mass is 16.2. The van der Waals surface area contributed by atoms with Crippen molar-refractivity contribution in [2.75, 3.05) is 31.1 Å². The van der Waals surface area contributed by atoms with E-state index < -0.39 is 0 Å². The van der Waals surface area contributed by atoms with Gasteiger partial charge >= 0.3 is 0 Å². The quantitative estimate of drug-likeness (QED) is 0.847. The van der Waals surface area contributed by atoms with E-state index in [4.69, 9.17) is 5.73 Å². The van der Waals surface area contributed by atoms with E-state index in [1.54, 1.807) is 0 Å². The first-order valence-electron chi connectivity index (χ1n) is 6.58. The summed E-state index contributed by atoms with van der Waals surface area (Å²) in [4.78, 5) is 16.5. The van der Waals surface area contributed by atoms with Crippen molar-refractivity contribution in [2.45, 2.75) is 19.4 Å². The normalized spacial score (nSPS) is 19.8. The van der Waals surface area contributed by atoms with Crippen LogP contribution in [0.25, 0.3) is 0 Å². The van der Waals surface area contributed by atoms with Crippen molar-refractivity contribution < 1.29 is 4.79 Å². The maximum atomic E-state index is 12.4. The molecule has 4 heteroatoms. The fourth-order valence-corrected chi connectivity index (χ4v) is 2.57. The molecule has 1 heterocycles. The van der Waals surface area contributed by atoms with Gasteiger partial charge in [-0.3, -0.25) is 9.69 Å². The largest absolute Gasteiger partial charge is 0.329 e. The molecule has 4 nitrogen and oxygen atoms in total. The molecule has 2 rings (SSSR count). The lowest BCUT2D eigenvalue weighted by Gasteiger charge is -2.26. The molecule has 1 aromatic carbocycles. The summed E-state index contributed by atoms with van der Waals surface area (Å²) in [7, 11) is 0. The van der Waals surface area contributed by atoms with Crippen molar-refractivity contribution in [1.82, 2.24) is 4.90 Å². The van der Waals surface area contributed by atoms with Gasteiger partial charge < -0.3 is 10.6 Å². The van der Waals surface area contributed by atoms with Crippen molar-refractivity contribution in [2.24, 2.45) is 5.73 Å². The van der Waals surface area contributed by atoms with Gasteiger partial charge in [-0.05, 0) is 25.1 Å². The first-order chi connectivity index (χ1) is 8.77. The molecule has 98 valence electrons. The first kappa shape index (κ1) is 13.1. The maximum Gasteiger partial charge on any atom is 0.244 e. The number of rotatable bonds is 5. The Kier molecular flexibility index (Phi) is 4.33. The van der Waals surface area contributed by atoms with Crippen molar-refractivity contribution in [3.05, 3.63) is 30.3 Å². The Bertz CT molecular complexity index is 393. The Balaban J connectivity index is 2.09. The van der Waals surface area contributed by atoms with Crippen LogP contribution in [0, 0.1) is 0 Å². The van der Waals surface area contributed by atoms with E-state index in [1.807, 2.05) is 35.2 Å². The van der Waals surface area contributed by atoms with Gasteiger partial charge in [-0.25, -0.2) is 0 Å². The fourth-order valence-electron chi connectivity index (χ4n) is 2.57. The van der Waals surface area contributed by atoms with E-state index in [2.05, 4.69) is 11.8 Å². The summed E-state index contributed by atoms with van der Waals surface area (Å²) in [6.07, 6.45) is 0.890. The number of para-hydroxylation sites is 1. The zero-order chi connectivity index (χ0) is 13.0. The molecule has 1 aliphatic rings. The van der Waals surface area contributed by atoms with Crippen LogP contribution in [0.3, 0.4) is 0 Å². The Labute approximate surface area is 108 Å². The number of nitrogens with zero attached hydrogens (tertiary/aromatic N) is 2. The lowest BCUT2D eigenvalue weighted by atomic mass is 10.2. The maximum absolute atomic E-state index is 12.4. The average molecular weight is 247 g/mol. The molecule has 1 atom stereocenters. The standard InChI is InChI=1S/C14H21N3O/c1-2-16(11-9-15)13-8-10-17(14(13)18)12-6-4-3-5-7-12/h3-7,13H,2,8-11,15H2,1H3. The zero-order valence-electron chi connectivity index (χ0n) is 10.9. The third-order valence-corrected chi connectivity index (χ3v) is 3.51. The first-order valence-corrected chi connectivity index (χ1v) is 6.58. The zero-order valence-corrected chi connectivity index (χ0v) is 10.9. The highest BCUT2D eigenvalue weighted by Gasteiger charge is 2.35. The highest BCUT2D eigenvalue weighted by molar-refractivity contribution is 5.99. The van der Waals surface area contributed by atoms with Gasteiger partial charge in [-0.1, -0.05) is 25.1 Å². The van der Waals surface area contributed by atoms with Gasteiger partial charge in [-0.2, -0.15) is 0 Å². The Morgan fingerprint density at radius 1 is 1.39 bits per heavy atom. The van der Waals surface area contributed by atoms with Gasteiger partial charge in [0.05, 0.1) is 6.04 Å². The third kappa shape index (κ3) is 2.54. The van der Waals surface area contributed by atoms with Crippen LogP contribution in [0.1, 0.15) is 13.3 Å². The summed E-state index contributed by atoms with van der Waals surface area (Å²) in [5.74, 6) is 0.205. The molecule has 1 aromatic rings. The average Bonchev–Trinajstić information content (AvgIpc) is 2.79. The smallest absolute Gasteiger partial charge is 0.244 e. The number of nitrogens with two attached hydrogens (primary N) is 1. The van der Waals surface area contributed by atoms with Gasteiger partial charge in [0.2, 0.25) is 5.91 Å². The Morgan fingerprint density at radius 2 is 2.11 bits per heavy atom. The molecule has 0 radical (unpaired) electrons. The van der Waals surface area contributed by atoms with Crippen LogP contribution in [0.4, 0.5) is 5.69 Å². The molecular weight excluding hydrogens is 226 g/mol. The van der Waals surface area contributed by atoms with Crippen LogP contribution in [0.2, 0.25) is 0 Å². The predicted molar refractivity (Wildman–Crippen MR) is 73.5 cm³/mol. The lowest BCUT2D eigenvalue weighted by molar-refractivity contribution is -0.121. The number of carbonyl (C=O) groups excluding carboxylic acids is 1. The third-order valence-electron chi connectivity index (χ3n) is 3.51. The molecule has 1 fully saturated rings. The van der Waals surface area contributed by atoms with Gasteiger partial charge in [-0.15, -0.1) is 0 Å². The molecule has 1 amide bonds. The van der Waals surface area contributed by atoms with Crippen LogP contribution < -0.4 is 10.6 Å². The van der Waals surface area contributed by atoms with E-state index in [0.29, 0.717) is 6.54 Å². The number of hydrogen-bond acceptors (Lipinski definition) is 3. The second-order valence-corrected chi connectivity index (χ2v) is 4.55. The number of likely N-dealkylation sites (N-methyl/N-ethyl adjacent to an activating group) is 1. The molecule has 0 bridgehead atoms. The molecule has 0 spiro atoms. The number of amides is 1. The van der Waals surface area contributed by atoms with Gasteiger partial charge in [0.1, 0.15) is 0 Å². The Hall–Kier alpha value is -1.39. The molecule has 2 N–H and O–H groups in total. The molecule has 1 aliphatic heterocycles. The summed E-state index contributed by atoms with van der Waals surface area (Å²) in [5, 5.41) is 0. The highest BCUT2D eigenvalue weighted by Crippen LogP contribution is 2.23. The van der Waals surface area contributed by atoms with E-state index in [9.17, 15) is 4.79 Å². The van der Waals surface area contributed by atoms with Crippen LogP contribution in [-0.2, 0) is 4.79 Å². The van der Waals surface area contributed by atoms with E-state index in [1.165, 1.54) is 0 Å². The number of hydrogen-bond donors (Lipinski definition) is 1. The van der Waals surface area contributed by atoms with Crippen LogP contribution in [0.15, 0.2) is 30.3 Å². The minimum Gasteiger partial charge on any atom is -0.329 e. The van der Waals surface area contributed by atoms with Crippen LogP contribution >= 0.6 is 0 Å². The molecule has 1 saturated heterocycles. The predicted octanol–water partition coefficient (Wildman–Crippen LogP) is 1.07. The van der Waals surface area contributed by atoms with Crippen molar-refractivity contribution in [1.29, 1.82) is 0 Å². The number of carbonyl (C=O) groups is 1. The van der Waals surface area contributed by atoms with Gasteiger partial charge in [0, 0.05) is 25.3 Å². The Morgan fingerprint density at radius 3 is 2.72 bits per heavy atom. The van der Waals surface area contributed by atoms with Gasteiger partial charge in [0.25, 0.3) is 0 Å². The second-order valence-electron chi connectivity index (χ2n) is 4.55. The van der Waals surface area contributed by atoms with Gasteiger partial charge in [0.15, 0.2) is 0 Å². The topological polar surface area (TPSA) is 49.6 Å². The van der Waals surface area contributed by atoms with Crippen LogP contribution in [-0.4, -0.2) is 43.0 Å². The minimum atomic E-state index is -0.00115. The fraction of sp³-hybridized carbons (Fsp3) is 0.500. The van der Waals surface area contributed by atoms with Crippen molar-refractivity contribution >= 4 is 11.6 Å². The molecule has 0 aliphatic carbocycles. The monoisotopic (exact) mass is 247 g/mol. The SMILES string of the molecule is CCN(CCN)C1CCN(c2ccccc2)C1=O. The van der Waals surface area contributed by atoms with E-state index in [0.717, 1.165) is 31.7 Å². The summed E-state index contributed by atoms with van der Waals surface area (Å²) >= 11 is 0. The molecular formula is C14H21N3O. The lowest BCUT2D eigenvalue weighted by Crippen LogP contribution is -2.44.